The molecule has 0 spiro atoms. The van der Waals surface area contributed by atoms with Gasteiger partial charge in [0, 0.05) is 31.7 Å². The van der Waals surface area contributed by atoms with Crippen LogP contribution in [0.25, 0.3) is 0 Å². The fraction of sp³-hybridized carbons (Fsp3) is 0.833. The van der Waals surface area contributed by atoms with Crippen LogP contribution in [0.1, 0.15) is 32.7 Å². The van der Waals surface area contributed by atoms with E-state index in [-0.39, 0.29) is 0 Å². The molecule has 1 aromatic heterocycles. The third kappa shape index (κ3) is 1.97. The minimum atomic E-state index is 0.354. The van der Waals surface area contributed by atoms with Gasteiger partial charge < -0.3 is 4.90 Å². The average Bonchev–Trinajstić information content (AvgIpc) is 2.93. The number of hydrogen-bond acceptors (Lipinski definition) is 4. The first-order chi connectivity index (χ1) is 8.66. The highest BCUT2D eigenvalue weighted by molar-refractivity contribution is 7.71. The van der Waals surface area contributed by atoms with Gasteiger partial charge in [-0.1, -0.05) is 0 Å². The van der Waals surface area contributed by atoms with E-state index in [2.05, 4.69) is 38.4 Å². The molecule has 1 aromatic rings. The summed E-state index contributed by atoms with van der Waals surface area (Å²) in [4.78, 5) is 5.00. The number of aromatic nitrogens is 3. The van der Waals surface area contributed by atoms with Crippen LogP contribution in [-0.2, 0) is 0 Å². The Labute approximate surface area is 113 Å². The van der Waals surface area contributed by atoms with Crippen molar-refractivity contribution in [3.8, 4) is 0 Å². The largest absolute Gasteiger partial charge is 0.338 e. The van der Waals surface area contributed by atoms with Crippen molar-refractivity contribution >= 4 is 18.2 Å². The predicted molar refractivity (Wildman–Crippen MR) is 74.6 cm³/mol. The molecule has 6 heteroatoms. The van der Waals surface area contributed by atoms with E-state index in [0.29, 0.717) is 12.1 Å². The predicted octanol–water partition coefficient (Wildman–Crippen LogP) is 1.81. The Bertz CT molecular complexity index is 477. The number of nitrogens with zero attached hydrogens (tertiary/aromatic N) is 4. The normalized spacial score (nSPS) is 24.8. The zero-order chi connectivity index (χ0) is 12.7. The molecule has 5 nitrogen and oxygen atoms in total. The zero-order valence-corrected chi connectivity index (χ0v) is 11.9. The Morgan fingerprint density at radius 3 is 2.94 bits per heavy atom. The average molecular weight is 267 g/mol. The molecular weight excluding hydrogens is 246 g/mol. The summed E-state index contributed by atoms with van der Waals surface area (Å²) in [6.07, 6.45) is 2.67. The summed E-state index contributed by atoms with van der Waals surface area (Å²) >= 11 is 5.32. The van der Waals surface area contributed by atoms with Gasteiger partial charge in [0.15, 0.2) is 4.77 Å². The standard InChI is InChI=1S/C12H21N5S/c1-9(2)17-11(13-14-12(17)18)16-7-6-15-5-3-4-10(15)8-16/h9-10H,3-8H2,1-2H3,(H,14,18). The minimum Gasteiger partial charge on any atom is -0.338 e. The van der Waals surface area contributed by atoms with Crippen LogP contribution in [0, 0.1) is 4.77 Å². The highest BCUT2D eigenvalue weighted by Crippen LogP contribution is 2.25. The van der Waals surface area contributed by atoms with E-state index in [4.69, 9.17) is 12.2 Å². The van der Waals surface area contributed by atoms with Crippen LogP contribution in [0.5, 0.6) is 0 Å². The molecular formula is C12H21N5S. The van der Waals surface area contributed by atoms with Crippen LogP contribution in [-0.4, -0.2) is 51.9 Å². The minimum absolute atomic E-state index is 0.354. The van der Waals surface area contributed by atoms with Crippen LogP contribution >= 0.6 is 12.2 Å². The topological polar surface area (TPSA) is 40.1 Å². The number of fused-ring (bicyclic) bond motifs is 1. The smallest absolute Gasteiger partial charge is 0.226 e. The molecule has 1 N–H and O–H groups in total. The number of piperazine rings is 1. The maximum Gasteiger partial charge on any atom is 0.226 e. The van der Waals surface area contributed by atoms with E-state index in [9.17, 15) is 0 Å². The lowest BCUT2D eigenvalue weighted by atomic mass is 10.1. The van der Waals surface area contributed by atoms with Gasteiger partial charge in [0.2, 0.25) is 5.95 Å². The Kier molecular flexibility index (Phi) is 3.15. The third-order valence-corrected chi connectivity index (χ3v) is 4.36. The summed E-state index contributed by atoms with van der Waals surface area (Å²) in [7, 11) is 0. The van der Waals surface area contributed by atoms with Crippen LogP contribution in [0.3, 0.4) is 0 Å². The molecule has 2 saturated heterocycles. The molecule has 2 aliphatic heterocycles. The Morgan fingerprint density at radius 2 is 2.17 bits per heavy atom. The maximum absolute atomic E-state index is 5.32. The summed E-state index contributed by atoms with van der Waals surface area (Å²) in [5, 5.41) is 7.36. The van der Waals surface area contributed by atoms with E-state index in [1.807, 2.05) is 0 Å². The number of H-pyrrole nitrogens is 1. The van der Waals surface area contributed by atoms with Crippen molar-refractivity contribution in [1.82, 2.24) is 19.7 Å². The second kappa shape index (κ2) is 4.66. The SMILES string of the molecule is CC(C)n1c(N2CCN3CCCC3C2)n[nH]c1=S. The van der Waals surface area contributed by atoms with Crippen LogP contribution in [0.2, 0.25) is 0 Å². The lowest BCUT2D eigenvalue weighted by Crippen LogP contribution is -2.51. The Hall–Kier alpha value is -0.880. The molecule has 0 aliphatic carbocycles. The molecule has 2 aliphatic rings. The molecule has 2 fully saturated rings. The van der Waals surface area contributed by atoms with Gasteiger partial charge in [-0.3, -0.25) is 9.47 Å². The molecule has 0 saturated carbocycles. The summed E-state index contributed by atoms with van der Waals surface area (Å²) in [6.45, 7) is 8.88. The van der Waals surface area contributed by atoms with Crippen molar-refractivity contribution in [2.75, 3.05) is 31.1 Å². The molecule has 1 atom stereocenters. The fourth-order valence-corrected chi connectivity index (χ4v) is 3.50. The van der Waals surface area contributed by atoms with E-state index in [1.165, 1.54) is 19.4 Å². The van der Waals surface area contributed by atoms with Gasteiger partial charge in [0.1, 0.15) is 0 Å². The lowest BCUT2D eigenvalue weighted by molar-refractivity contribution is 0.228. The van der Waals surface area contributed by atoms with Gasteiger partial charge in [-0.05, 0) is 45.5 Å². The highest BCUT2D eigenvalue weighted by Gasteiger charge is 2.32. The van der Waals surface area contributed by atoms with Gasteiger partial charge >= 0.3 is 0 Å². The van der Waals surface area contributed by atoms with Gasteiger partial charge in [0.05, 0.1) is 0 Å². The quantitative estimate of drug-likeness (QED) is 0.830. The first kappa shape index (κ1) is 12.2. The second-order valence-electron chi connectivity index (χ2n) is 5.57. The summed E-state index contributed by atoms with van der Waals surface area (Å²) in [6, 6.07) is 1.07. The van der Waals surface area contributed by atoms with Gasteiger partial charge in [-0.25, -0.2) is 5.10 Å². The first-order valence-electron chi connectivity index (χ1n) is 6.82. The second-order valence-corrected chi connectivity index (χ2v) is 5.96. The molecule has 3 rings (SSSR count). The zero-order valence-electron chi connectivity index (χ0n) is 11.1. The monoisotopic (exact) mass is 267 g/mol. The first-order valence-corrected chi connectivity index (χ1v) is 7.23. The molecule has 0 amide bonds. The molecule has 1 unspecified atom stereocenters. The van der Waals surface area contributed by atoms with Crippen molar-refractivity contribution < 1.29 is 0 Å². The molecule has 3 heterocycles. The van der Waals surface area contributed by atoms with Gasteiger partial charge in [-0.2, -0.15) is 0 Å². The maximum atomic E-state index is 5.32. The van der Waals surface area contributed by atoms with E-state index < -0.39 is 0 Å². The van der Waals surface area contributed by atoms with Crippen molar-refractivity contribution in [1.29, 1.82) is 0 Å². The summed E-state index contributed by atoms with van der Waals surface area (Å²) in [5.41, 5.74) is 0. The number of nitrogens with one attached hydrogen (secondary N) is 1. The molecule has 100 valence electrons. The van der Waals surface area contributed by atoms with Gasteiger partial charge in [0.25, 0.3) is 0 Å². The number of anilines is 1. The van der Waals surface area contributed by atoms with Crippen molar-refractivity contribution in [3.05, 3.63) is 4.77 Å². The van der Waals surface area contributed by atoms with Crippen LogP contribution in [0.4, 0.5) is 5.95 Å². The van der Waals surface area contributed by atoms with E-state index >= 15 is 0 Å². The van der Waals surface area contributed by atoms with Crippen molar-refractivity contribution in [2.24, 2.45) is 0 Å². The molecule has 0 aromatic carbocycles. The van der Waals surface area contributed by atoms with Crippen molar-refractivity contribution in [2.45, 2.75) is 38.8 Å². The highest BCUT2D eigenvalue weighted by atomic mass is 32.1. The van der Waals surface area contributed by atoms with Gasteiger partial charge in [-0.15, -0.1) is 5.10 Å². The van der Waals surface area contributed by atoms with Crippen molar-refractivity contribution in [3.63, 3.8) is 0 Å². The molecule has 18 heavy (non-hydrogen) atoms. The van der Waals surface area contributed by atoms with Crippen LogP contribution < -0.4 is 4.90 Å². The number of rotatable bonds is 2. The van der Waals surface area contributed by atoms with Crippen LogP contribution in [0.15, 0.2) is 0 Å². The van der Waals surface area contributed by atoms with E-state index in [0.717, 1.165) is 30.4 Å². The third-order valence-electron chi connectivity index (χ3n) is 4.07. The Morgan fingerprint density at radius 1 is 1.33 bits per heavy atom. The Balaban J connectivity index is 1.85. The lowest BCUT2D eigenvalue weighted by Gasteiger charge is -2.38. The fourth-order valence-electron chi connectivity index (χ4n) is 3.16. The molecule has 0 radical (unpaired) electrons. The summed E-state index contributed by atoms with van der Waals surface area (Å²) < 4.78 is 2.86. The molecule has 0 bridgehead atoms. The van der Waals surface area contributed by atoms with E-state index in [1.54, 1.807) is 0 Å². The summed E-state index contributed by atoms with van der Waals surface area (Å²) in [5.74, 6) is 1.02. The number of aromatic amines is 1. The number of hydrogen-bond donors (Lipinski definition) is 1.